The maximum absolute atomic E-state index is 12.5. The van der Waals surface area contributed by atoms with Gasteiger partial charge >= 0.3 is 12.1 Å². The largest absolute Gasteiger partial charge is 0.481 e. The van der Waals surface area contributed by atoms with Crippen LogP contribution < -0.4 is 10.6 Å². The molecule has 2 aromatic carbocycles. The molecule has 2 aromatic rings. The number of rotatable bonds is 10. The molecule has 2 aliphatic rings. The molecule has 2 unspecified atom stereocenters. The standard InChI is InChI=1S/C28H34N2O5/c1-17(27(32)33)8-7-9-18(2)29-26(31)19-14-20(15-19)30-28(34)35-16-25-23-12-5-3-10-21(23)22-11-4-6-13-24(22)25/h3-6,10-13,17-20,25H,7-9,14-16H2,1-2H3,(H,29,31)(H,30,34)(H,32,33). The third-order valence-electron chi connectivity index (χ3n) is 7.26. The molecular formula is C28H34N2O5. The van der Waals surface area contributed by atoms with Crippen LogP contribution in [-0.4, -0.2) is 41.8 Å². The quantitative estimate of drug-likeness (QED) is 0.459. The zero-order valence-corrected chi connectivity index (χ0v) is 20.3. The summed E-state index contributed by atoms with van der Waals surface area (Å²) < 4.78 is 5.59. The summed E-state index contributed by atoms with van der Waals surface area (Å²) in [5, 5.41) is 14.8. The number of carboxylic acids is 1. The molecule has 2 aliphatic carbocycles. The second kappa shape index (κ2) is 10.9. The fourth-order valence-electron chi connectivity index (χ4n) is 5.04. The summed E-state index contributed by atoms with van der Waals surface area (Å²) in [5.41, 5.74) is 4.73. The molecular weight excluding hydrogens is 444 g/mol. The predicted molar refractivity (Wildman–Crippen MR) is 133 cm³/mol. The highest BCUT2D eigenvalue weighted by Gasteiger charge is 2.36. The lowest BCUT2D eigenvalue weighted by Gasteiger charge is -2.35. The molecule has 4 rings (SSSR count). The fraction of sp³-hybridized carbons (Fsp3) is 0.464. The van der Waals surface area contributed by atoms with Gasteiger partial charge in [0.2, 0.25) is 5.91 Å². The van der Waals surface area contributed by atoms with E-state index in [1.807, 2.05) is 31.2 Å². The van der Waals surface area contributed by atoms with Crippen molar-refractivity contribution in [2.75, 3.05) is 6.61 Å². The highest BCUT2D eigenvalue weighted by Crippen LogP contribution is 2.44. The minimum Gasteiger partial charge on any atom is -0.481 e. The number of aliphatic carboxylic acids is 1. The van der Waals surface area contributed by atoms with Gasteiger partial charge in [0.25, 0.3) is 0 Å². The summed E-state index contributed by atoms with van der Waals surface area (Å²) in [6, 6.07) is 16.4. The van der Waals surface area contributed by atoms with Crippen LogP contribution in [0.25, 0.3) is 11.1 Å². The van der Waals surface area contributed by atoms with Crippen LogP contribution in [0.5, 0.6) is 0 Å². The van der Waals surface area contributed by atoms with E-state index in [0.29, 0.717) is 19.3 Å². The molecule has 2 amide bonds. The van der Waals surface area contributed by atoms with Gasteiger partial charge in [-0.1, -0.05) is 61.9 Å². The third kappa shape index (κ3) is 5.84. The van der Waals surface area contributed by atoms with Crippen molar-refractivity contribution in [1.29, 1.82) is 0 Å². The second-order valence-corrected chi connectivity index (χ2v) is 9.91. The summed E-state index contributed by atoms with van der Waals surface area (Å²) in [4.78, 5) is 35.8. The fourth-order valence-corrected chi connectivity index (χ4v) is 5.04. The number of amides is 2. The number of carbonyl (C=O) groups excluding carboxylic acids is 2. The molecule has 0 spiro atoms. The van der Waals surface area contributed by atoms with Crippen LogP contribution in [-0.2, 0) is 14.3 Å². The van der Waals surface area contributed by atoms with Gasteiger partial charge in [-0.05, 0) is 54.9 Å². The molecule has 7 heteroatoms. The number of benzene rings is 2. The Hall–Kier alpha value is -3.35. The Bertz CT molecular complexity index is 1030. The van der Waals surface area contributed by atoms with E-state index in [1.165, 1.54) is 22.3 Å². The van der Waals surface area contributed by atoms with Gasteiger partial charge in [0.15, 0.2) is 0 Å². The highest BCUT2D eigenvalue weighted by molar-refractivity contribution is 5.81. The van der Waals surface area contributed by atoms with Crippen molar-refractivity contribution in [3.05, 3.63) is 59.7 Å². The Morgan fingerprint density at radius 3 is 2.17 bits per heavy atom. The Kier molecular flexibility index (Phi) is 7.73. The molecule has 1 fully saturated rings. The average molecular weight is 479 g/mol. The zero-order valence-electron chi connectivity index (χ0n) is 20.3. The maximum Gasteiger partial charge on any atom is 0.407 e. The van der Waals surface area contributed by atoms with E-state index in [-0.39, 0.29) is 42.4 Å². The van der Waals surface area contributed by atoms with E-state index in [4.69, 9.17) is 9.84 Å². The van der Waals surface area contributed by atoms with Crippen molar-refractivity contribution < 1.29 is 24.2 Å². The molecule has 1 saturated carbocycles. The first-order valence-electron chi connectivity index (χ1n) is 12.5. The Morgan fingerprint density at radius 2 is 1.57 bits per heavy atom. The Labute approximate surface area is 206 Å². The molecule has 3 N–H and O–H groups in total. The number of ether oxygens (including phenoxy) is 1. The molecule has 0 radical (unpaired) electrons. The Balaban J connectivity index is 1.17. The molecule has 7 nitrogen and oxygen atoms in total. The van der Waals surface area contributed by atoms with Gasteiger partial charge in [-0.3, -0.25) is 9.59 Å². The number of alkyl carbamates (subject to hydrolysis) is 1. The summed E-state index contributed by atoms with van der Waals surface area (Å²) >= 11 is 0. The molecule has 0 bridgehead atoms. The van der Waals surface area contributed by atoms with Crippen molar-refractivity contribution in [3.63, 3.8) is 0 Å². The van der Waals surface area contributed by atoms with E-state index in [9.17, 15) is 14.4 Å². The van der Waals surface area contributed by atoms with Crippen LogP contribution in [0.1, 0.15) is 63.0 Å². The van der Waals surface area contributed by atoms with Gasteiger partial charge in [0, 0.05) is 23.9 Å². The lowest BCUT2D eigenvalue weighted by Crippen LogP contribution is -2.50. The van der Waals surface area contributed by atoms with Crippen LogP contribution >= 0.6 is 0 Å². The van der Waals surface area contributed by atoms with E-state index in [1.54, 1.807) is 6.92 Å². The van der Waals surface area contributed by atoms with Crippen LogP contribution in [0.4, 0.5) is 4.79 Å². The maximum atomic E-state index is 12.5. The monoisotopic (exact) mass is 478 g/mol. The molecule has 0 saturated heterocycles. The number of carboxylic acid groups (broad SMARTS) is 1. The first-order valence-corrected chi connectivity index (χ1v) is 12.5. The number of carbonyl (C=O) groups is 3. The minimum atomic E-state index is -0.786. The smallest absolute Gasteiger partial charge is 0.407 e. The van der Waals surface area contributed by atoms with Crippen molar-refractivity contribution in [1.82, 2.24) is 10.6 Å². The minimum absolute atomic E-state index is 0.00219. The molecule has 35 heavy (non-hydrogen) atoms. The van der Waals surface area contributed by atoms with E-state index < -0.39 is 12.1 Å². The molecule has 0 aromatic heterocycles. The Morgan fingerprint density at radius 1 is 0.971 bits per heavy atom. The van der Waals surface area contributed by atoms with Gasteiger partial charge < -0.3 is 20.5 Å². The lowest BCUT2D eigenvalue weighted by molar-refractivity contribution is -0.141. The number of fused-ring (bicyclic) bond motifs is 3. The van der Waals surface area contributed by atoms with Gasteiger partial charge in [0.05, 0.1) is 5.92 Å². The first kappa shape index (κ1) is 24.8. The number of nitrogens with one attached hydrogen (secondary N) is 2. The van der Waals surface area contributed by atoms with Crippen LogP contribution in [0, 0.1) is 11.8 Å². The van der Waals surface area contributed by atoms with Gasteiger partial charge in [-0.25, -0.2) is 4.79 Å². The SMILES string of the molecule is CC(CCCC(C)C(=O)O)NC(=O)C1CC(NC(=O)OCC2c3ccccc3-c3ccccc32)C1. The van der Waals surface area contributed by atoms with E-state index in [0.717, 1.165) is 12.8 Å². The van der Waals surface area contributed by atoms with Crippen molar-refractivity contribution in [2.45, 2.75) is 64.0 Å². The van der Waals surface area contributed by atoms with E-state index >= 15 is 0 Å². The topological polar surface area (TPSA) is 105 Å². The third-order valence-corrected chi connectivity index (χ3v) is 7.26. The lowest BCUT2D eigenvalue weighted by atomic mass is 9.79. The van der Waals surface area contributed by atoms with Gasteiger partial charge in [0.1, 0.15) is 6.61 Å². The van der Waals surface area contributed by atoms with Gasteiger partial charge in [-0.2, -0.15) is 0 Å². The predicted octanol–water partition coefficient (Wildman–Crippen LogP) is 4.70. The normalized spacial score (nSPS) is 20.1. The summed E-state index contributed by atoms with van der Waals surface area (Å²) in [6.07, 6.45) is 2.85. The second-order valence-electron chi connectivity index (χ2n) is 9.91. The number of hydrogen-bond acceptors (Lipinski definition) is 4. The van der Waals surface area contributed by atoms with Crippen LogP contribution in [0.3, 0.4) is 0 Å². The number of hydrogen-bond donors (Lipinski definition) is 3. The molecule has 186 valence electrons. The van der Waals surface area contributed by atoms with Crippen LogP contribution in [0.15, 0.2) is 48.5 Å². The van der Waals surface area contributed by atoms with Crippen molar-refractivity contribution in [2.24, 2.45) is 11.8 Å². The molecule has 0 aliphatic heterocycles. The first-order chi connectivity index (χ1) is 16.8. The summed E-state index contributed by atoms with van der Waals surface area (Å²) in [6.45, 7) is 3.91. The average Bonchev–Trinajstić information content (AvgIpc) is 3.13. The zero-order chi connectivity index (χ0) is 24.9. The highest BCUT2D eigenvalue weighted by atomic mass is 16.5. The summed E-state index contributed by atoms with van der Waals surface area (Å²) in [7, 11) is 0. The van der Waals surface area contributed by atoms with Crippen molar-refractivity contribution in [3.8, 4) is 11.1 Å². The van der Waals surface area contributed by atoms with E-state index in [2.05, 4.69) is 34.9 Å². The molecule has 2 atom stereocenters. The molecule has 0 heterocycles. The van der Waals surface area contributed by atoms with Crippen LogP contribution in [0.2, 0.25) is 0 Å². The van der Waals surface area contributed by atoms with Gasteiger partial charge in [-0.15, -0.1) is 0 Å². The van der Waals surface area contributed by atoms with Crippen molar-refractivity contribution >= 4 is 18.0 Å². The summed E-state index contributed by atoms with van der Waals surface area (Å²) in [5.74, 6) is -1.25.